The molecular formula is C60H62Cl2N6O4S2. The second-order valence-corrected chi connectivity index (χ2v) is 23.0. The Morgan fingerprint density at radius 2 is 0.986 bits per heavy atom. The number of pyridine rings is 2. The summed E-state index contributed by atoms with van der Waals surface area (Å²) in [4.78, 5) is 54.0. The van der Waals surface area contributed by atoms with Crippen molar-refractivity contribution < 1.29 is 19.1 Å². The van der Waals surface area contributed by atoms with Crippen LogP contribution >= 0.6 is 45.9 Å². The van der Waals surface area contributed by atoms with Crippen LogP contribution in [-0.2, 0) is 17.8 Å². The van der Waals surface area contributed by atoms with Gasteiger partial charge < -0.3 is 25.2 Å². The van der Waals surface area contributed by atoms with Gasteiger partial charge in [-0.25, -0.2) is 4.79 Å². The Labute approximate surface area is 452 Å². The Hall–Kier alpha value is -6.15. The maximum absolute atomic E-state index is 14.2. The normalized spacial score (nSPS) is 17.8. The topological polar surface area (TPSA) is 117 Å². The second kappa shape index (κ2) is 24.0. The minimum atomic E-state index is -0.543. The van der Waals surface area contributed by atoms with Crippen molar-refractivity contribution in [2.75, 3.05) is 7.05 Å². The largest absolute Gasteiger partial charge is 0.444 e. The molecule has 10 nitrogen and oxygen atoms in total. The van der Waals surface area contributed by atoms with Crippen LogP contribution in [-0.4, -0.2) is 74.5 Å². The summed E-state index contributed by atoms with van der Waals surface area (Å²) in [5.74, 6) is -0.0162. The Balaban J connectivity index is 0.000000184. The van der Waals surface area contributed by atoms with Gasteiger partial charge in [0.25, 0.3) is 11.8 Å². The van der Waals surface area contributed by atoms with Crippen molar-refractivity contribution in [1.82, 2.24) is 30.4 Å². The van der Waals surface area contributed by atoms with Gasteiger partial charge in [-0.15, -0.1) is 22.7 Å². The average Bonchev–Trinajstić information content (AvgIpc) is 3.95. The zero-order valence-electron chi connectivity index (χ0n) is 42.2. The van der Waals surface area contributed by atoms with Gasteiger partial charge >= 0.3 is 6.09 Å². The van der Waals surface area contributed by atoms with E-state index in [-0.39, 0.29) is 29.9 Å². The van der Waals surface area contributed by atoms with Crippen LogP contribution in [0.15, 0.2) is 146 Å². The van der Waals surface area contributed by atoms with E-state index in [0.717, 1.165) is 105 Å². The van der Waals surface area contributed by atoms with Gasteiger partial charge in [-0.3, -0.25) is 19.6 Å². The Morgan fingerprint density at radius 1 is 0.568 bits per heavy atom. The van der Waals surface area contributed by atoms with Crippen molar-refractivity contribution in [3.8, 4) is 22.3 Å². The van der Waals surface area contributed by atoms with Gasteiger partial charge in [0.05, 0.1) is 10.0 Å². The van der Waals surface area contributed by atoms with E-state index in [9.17, 15) is 14.4 Å². The van der Waals surface area contributed by atoms with Gasteiger partial charge in [0.2, 0.25) is 0 Å². The van der Waals surface area contributed by atoms with Gasteiger partial charge in [0.1, 0.15) is 15.4 Å². The fourth-order valence-corrected chi connectivity index (χ4v) is 13.1. The number of benzene rings is 4. The third-order valence-corrected chi connectivity index (χ3v) is 17.3. The van der Waals surface area contributed by atoms with Crippen molar-refractivity contribution >= 4 is 84.0 Å². The lowest BCUT2D eigenvalue weighted by molar-refractivity contribution is 0.0454. The monoisotopic (exact) mass is 1060 g/mol. The molecule has 2 N–H and O–H groups in total. The highest BCUT2D eigenvalue weighted by atomic mass is 35.5. The van der Waals surface area contributed by atoms with E-state index in [0.29, 0.717) is 38.9 Å². The summed E-state index contributed by atoms with van der Waals surface area (Å²) in [5.41, 5.74) is 6.04. The first-order valence-electron chi connectivity index (χ1n) is 25.4. The number of nitrogens with zero attached hydrogens (tertiary/aromatic N) is 4. The Bertz CT molecular complexity index is 3200. The van der Waals surface area contributed by atoms with Crippen molar-refractivity contribution in [3.05, 3.63) is 177 Å². The molecule has 4 heterocycles. The molecule has 2 aliphatic carbocycles. The first-order valence-corrected chi connectivity index (χ1v) is 27.8. The number of rotatable bonds is 12. The first-order chi connectivity index (χ1) is 35.8. The summed E-state index contributed by atoms with van der Waals surface area (Å²) < 4.78 is 7.50. The molecular weight excluding hydrogens is 1000 g/mol. The molecule has 14 heteroatoms. The van der Waals surface area contributed by atoms with Gasteiger partial charge in [0, 0.05) is 82.2 Å². The van der Waals surface area contributed by atoms with E-state index in [1.54, 1.807) is 12.4 Å². The number of alkyl carbamates (subject to hydrolysis) is 1. The van der Waals surface area contributed by atoms with E-state index in [1.807, 2.05) is 124 Å². The molecule has 74 heavy (non-hydrogen) atoms. The third kappa shape index (κ3) is 12.8. The van der Waals surface area contributed by atoms with Crippen LogP contribution in [0.3, 0.4) is 0 Å². The zero-order chi connectivity index (χ0) is 51.8. The SMILES string of the molecule is CC(C)(C)OC(=O)NC1CCC(N(Cc2cccc(-c3ccncc3)c2)C(=O)c2sc3ccccc3c2Cl)CC1.CNC1CCC(N(Cc2cccc(-c3ccncc3)c2)C(=O)c2sc3ccccc3c2Cl)CC1. The molecule has 4 aromatic carbocycles. The number of carbonyl (C=O) groups is 3. The molecule has 382 valence electrons. The van der Waals surface area contributed by atoms with Crippen LogP contribution in [0.1, 0.15) is 103 Å². The standard InChI is InChI=1S/C32H34ClN3O3S.C28H28ClN3OS/c1-32(2,3)39-31(38)35-24-11-13-25(14-12-24)36(30(37)29-28(33)26-9-4-5-10-27(26)40-29)20-21-7-6-8-23(19-21)22-15-17-34-18-16-22;1-30-22-9-11-23(12-10-22)32(28(33)27-26(29)24-7-2-3-8-25(24)34-27)18-19-5-4-6-21(17-19)20-13-15-31-16-14-20/h4-10,15-19,24-25H,11-14,20H2,1-3H3,(H,35,38);2-8,13-17,22-23,30H,9-12,18H2,1H3. The van der Waals surface area contributed by atoms with Crippen molar-refractivity contribution in [3.63, 3.8) is 0 Å². The lowest BCUT2D eigenvalue weighted by Crippen LogP contribution is -2.46. The predicted molar refractivity (Wildman–Crippen MR) is 303 cm³/mol. The summed E-state index contributed by atoms with van der Waals surface area (Å²) in [6.45, 7) is 6.61. The quantitative estimate of drug-likeness (QED) is 0.125. The molecule has 8 aromatic rings. The second-order valence-electron chi connectivity index (χ2n) is 20.2. The number of amides is 3. The maximum atomic E-state index is 14.2. The molecule has 2 saturated carbocycles. The van der Waals surface area contributed by atoms with E-state index in [1.165, 1.54) is 22.7 Å². The van der Waals surface area contributed by atoms with E-state index >= 15 is 0 Å². The van der Waals surface area contributed by atoms with Gasteiger partial charge in [-0.1, -0.05) is 96.0 Å². The third-order valence-electron chi connectivity index (χ3n) is 14.0. The van der Waals surface area contributed by atoms with E-state index < -0.39 is 11.7 Å². The average molecular weight is 1070 g/mol. The minimum Gasteiger partial charge on any atom is -0.444 e. The molecule has 0 atom stereocenters. The van der Waals surface area contributed by atoms with Gasteiger partial charge in [0.15, 0.2) is 0 Å². The number of ether oxygens (including phenoxy) is 1. The molecule has 0 radical (unpaired) electrons. The highest BCUT2D eigenvalue weighted by molar-refractivity contribution is 7.22. The summed E-state index contributed by atoms with van der Waals surface area (Å²) in [5, 5.41) is 9.36. The number of thiophene rings is 2. The molecule has 4 aromatic heterocycles. The lowest BCUT2D eigenvalue weighted by Gasteiger charge is -2.37. The molecule has 0 bridgehead atoms. The van der Waals surface area contributed by atoms with Crippen molar-refractivity contribution in [2.45, 2.75) is 115 Å². The van der Waals surface area contributed by atoms with E-state index in [2.05, 4.69) is 68.0 Å². The maximum Gasteiger partial charge on any atom is 0.407 e. The summed E-state index contributed by atoms with van der Waals surface area (Å²) in [6, 6.07) is 41.4. The molecule has 0 saturated heterocycles. The van der Waals surface area contributed by atoms with Crippen molar-refractivity contribution in [1.29, 1.82) is 0 Å². The molecule has 2 aliphatic rings. The van der Waals surface area contributed by atoms with Crippen LogP contribution in [0.25, 0.3) is 42.4 Å². The summed E-state index contributed by atoms with van der Waals surface area (Å²) >= 11 is 16.5. The highest BCUT2D eigenvalue weighted by Gasteiger charge is 2.34. The molecule has 0 unspecified atom stereocenters. The number of fused-ring (bicyclic) bond motifs is 2. The van der Waals surface area contributed by atoms with E-state index in [4.69, 9.17) is 27.9 Å². The van der Waals surface area contributed by atoms with Crippen LogP contribution in [0.4, 0.5) is 4.79 Å². The number of hydrogen-bond acceptors (Lipinski definition) is 9. The molecule has 3 amide bonds. The summed E-state index contributed by atoms with van der Waals surface area (Å²) in [7, 11) is 2.02. The number of nitrogens with one attached hydrogen (secondary N) is 2. The van der Waals surface area contributed by atoms with Crippen LogP contribution in [0.2, 0.25) is 10.0 Å². The van der Waals surface area contributed by atoms with Gasteiger partial charge in [-0.05, 0) is 161 Å². The number of halogens is 2. The van der Waals surface area contributed by atoms with Crippen LogP contribution in [0.5, 0.6) is 0 Å². The van der Waals surface area contributed by atoms with Crippen LogP contribution < -0.4 is 10.6 Å². The van der Waals surface area contributed by atoms with Crippen LogP contribution in [0, 0.1) is 0 Å². The molecule has 0 aliphatic heterocycles. The zero-order valence-corrected chi connectivity index (χ0v) is 45.4. The van der Waals surface area contributed by atoms with Crippen molar-refractivity contribution in [2.24, 2.45) is 0 Å². The number of carbonyl (C=O) groups excluding carboxylic acids is 3. The smallest absolute Gasteiger partial charge is 0.407 e. The Kier molecular flexibility index (Phi) is 17.1. The highest BCUT2D eigenvalue weighted by Crippen LogP contribution is 2.40. The first kappa shape index (κ1) is 52.7. The van der Waals surface area contributed by atoms with Gasteiger partial charge in [-0.2, -0.15) is 0 Å². The predicted octanol–water partition coefficient (Wildman–Crippen LogP) is 14.9. The minimum absolute atomic E-state index is 0.0194. The number of hydrogen-bond donors (Lipinski definition) is 2. The lowest BCUT2D eigenvalue weighted by atomic mass is 9.89. The number of aromatic nitrogens is 2. The molecule has 10 rings (SSSR count). The summed E-state index contributed by atoms with van der Waals surface area (Å²) in [6.07, 6.45) is 14.0. The molecule has 2 fully saturated rings. The Morgan fingerprint density at radius 3 is 1.39 bits per heavy atom. The fourth-order valence-electron chi connectivity index (χ4n) is 10.2. The molecule has 0 spiro atoms. The fraction of sp³-hybridized carbons (Fsp3) is 0.317.